The average Bonchev–Trinajstić information content (AvgIpc) is 2.79. The van der Waals surface area contributed by atoms with E-state index in [2.05, 4.69) is 9.80 Å². The Kier molecular flexibility index (Phi) is 5.01. The molecular weight excluding hydrogens is 226 g/mol. The Bertz CT molecular complexity index is 276. The zero-order valence-corrected chi connectivity index (χ0v) is 11.6. The van der Waals surface area contributed by atoms with Crippen LogP contribution >= 0.6 is 0 Å². The quantitative estimate of drug-likeness (QED) is 0.797. The summed E-state index contributed by atoms with van der Waals surface area (Å²) < 4.78 is 0. The first-order valence-electron chi connectivity index (χ1n) is 7.46. The molecule has 2 rings (SSSR count). The van der Waals surface area contributed by atoms with Crippen LogP contribution in [0.2, 0.25) is 0 Å². The van der Waals surface area contributed by atoms with Crippen LogP contribution in [0.15, 0.2) is 0 Å². The maximum absolute atomic E-state index is 11.4. The monoisotopic (exact) mass is 253 g/mol. The summed E-state index contributed by atoms with van der Waals surface area (Å²) in [4.78, 5) is 16.3. The van der Waals surface area contributed by atoms with Gasteiger partial charge in [0.05, 0.1) is 6.04 Å². The normalized spacial score (nSPS) is 28.4. The highest BCUT2D eigenvalue weighted by Crippen LogP contribution is 2.22. The molecule has 0 aromatic carbocycles. The first kappa shape index (κ1) is 13.8. The van der Waals surface area contributed by atoms with Crippen LogP contribution in [0, 0.1) is 5.92 Å². The second kappa shape index (κ2) is 6.53. The molecule has 0 radical (unpaired) electrons. The van der Waals surface area contributed by atoms with Crippen LogP contribution in [0.4, 0.5) is 0 Å². The van der Waals surface area contributed by atoms with Crippen molar-refractivity contribution in [3.63, 3.8) is 0 Å². The predicted octanol–water partition coefficient (Wildman–Crippen LogP) is 1.06. The van der Waals surface area contributed by atoms with E-state index >= 15 is 0 Å². The first-order chi connectivity index (χ1) is 8.70. The van der Waals surface area contributed by atoms with Crippen molar-refractivity contribution in [2.24, 2.45) is 11.7 Å². The Balaban J connectivity index is 1.78. The van der Waals surface area contributed by atoms with Gasteiger partial charge < -0.3 is 10.6 Å². The van der Waals surface area contributed by atoms with Gasteiger partial charge in [-0.3, -0.25) is 9.69 Å². The number of amides is 1. The average molecular weight is 253 g/mol. The smallest absolute Gasteiger partial charge is 0.234 e. The van der Waals surface area contributed by atoms with Crippen molar-refractivity contribution in [2.75, 3.05) is 32.7 Å². The van der Waals surface area contributed by atoms with Crippen LogP contribution in [0.1, 0.15) is 39.0 Å². The lowest BCUT2D eigenvalue weighted by atomic mass is 10.1. The molecule has 104 valence electrons. The fourth-order valence-electron chi connectivity index (χ4n) is 3.44. The van der Waals surface area contributed by atoms with Crippen LogP contribution in [0.25, 0.3) is 0 Å². The number of carbonyl (C=O) groups excluding carboxylic acids is 1. The van der Waals surface area contributed by atoms with E-state index in [0.717, 1.165) is 25.4 Å². The molecule has 0 unspecified atom stereocenters. The molecule has 2 atom stereocenters. The van der Waals surface area contributed by atoms with Crippen molar-refractivity contribution in [1.82, 2.24) is 9.80 Å². The summed E-state index contributed by atoms with van der Waals surface area (Å²) in [6.07, 6.45) is 6.17. The molecular formula is C14H27N3O. The molecule has 0 spiro atoms. The van der Waals surface area contributed by atoms with Crippen LogP contribution < -0.4 is 5.73 Å². The van der Waals surface area contributed by atoms with Crippen molar-refractivity contribution in [1.29, 1.82) is 0 Å². The molecule has 2 aliphatic rings. The minimum Gasteiger partial charge on any atom is -0.368 e. The molecule has 2 N–H and O–H groups in total. The summed E-state index contributed by atoms with van der Waals surface area (Å²) in [6, 6.07) is -0.0450. The maximum atomic E-state index is 11.4. The van der Waals surface area contributed by atoms with Gasteiger partial charge in [-0.1, -0.05) is 13.3 Å². The van der Waals surface area contributed by atoms with Gasteiger partial charge in [0.15, 0.2) is 0 Å². The van der Waals surface area contributed by atoms with Gasteiger partial charge in [0, 0.05) is 13.1 Å². The zero-order valence-electron chi connectivity index (χ0n) is 11.6. The topological polar surface area (TPSA) is 49.6 Å². The van der Waals surface area contributed by atoms with Crippen molar-refractivity contribution in [3.8, 4) is 0 Å². The summed E-state index contributed by atoms with van der Waals surface area (Å²) in [5, 5.41) is 0. The molecule has 0 bridgehead atoms. The number of likely N-dealkylation sites (tertiary alicyclic amines) is 2. The standard InChI is InChI=1S/C14H27N3O/c1-2-13(14(15)18)17-9-6-12(11-17)10-16-7-4-3-5-8-16/h12-13H,2-11H2,1H3,(H2,15,18)/t12-,13-/m1/s1. The molecule has 2 aliphatic heterocycles. The van der Waals surface area contributed by atoms with E-state index in [1.54, 1.807) is 0 Å². The minimum atomic E-state index is -0.156. The lowest BCUT2D eigenvalue weighted by molar-refractivity contribution is -0.123. The zero-order chi connectivity index (χ0) is 13.0. The van der Waals surface area contributed by atoms with E-state index in [1.807, 2.05) is 6.92 Å². The molecule has 2 fully saturated rings. The third-order valence-corrected chi connectivity index (χ3v) is 4.44. The summed E-state index contributed by atoms with van der Waals surface area (Å²) in [6.45, 7) is 7.89. The van der Waals surface area contributed by atoms with E-state index in [9.17, 15) is 4.79 Å². The number of primary amides is 1. The van der Waals surface area contributed by atoms with Gasteiger partial charge in [-0.05, 0) is 51.2 Å². The number of rotatable bonds is 5. The molecule has 2 heterocycles. The predicted molar refractivity (Wildman–Crippen MR) is 73.2 cm³/mol. The van der Waals surface area contributed by atoms with Gasteiger partial charge in [-0.15, -0.1) is 0 Å². The van der Waals surface area contributed by atoms with E-state index in [4.69, 9.17) is 5.73 Å². The van der Waals surface area contributed by atoms with E-state index < -0.39 is 0 Å². The van der Waals surface area contributed by atoms with Crippen LogP contribution in [-0.4, -0.2) is 54.5 Å². The lowest BCUT2D eigenvalue weighted by Crippen LogP contribution is -2.43. The highest BCUT2D eigenvalue weighted by atomic mass is 16.1. The summed E-state index contributed by atoms with van der Waals surface area (Å²) >= 11 is 0. The molecule has 2 saturated heterocycles. The van der Waals surface area contributed by atoms with Crippen molar-refractivity contribution >= 4 is 5.91 Å². The fourth-order valence-corrected chi connectivity index (χ4v) is 3.44. The van der Waals surface area contributed by atoms with Gasteiger partial charge in [0.25, 0.3) is 0 Å². The molecule has 0 aromatic heterocycles. The van der Waals surface area contributed by atoms with Crippen molar-refractivity contribution in [2.45, 2.75) is 45.1 Å². The van der Waals surface area contributed by atoms with Gasteiger partial charge in [0.1, 0.15) is 0 Å². The van der Waals surface area contributed by atoms with E-state index in [1.165, 1.54) is 45.3 Å². The van der Waals surface area contributed by atoms with Gasteiger partial charge in [-0.25, -0.2) is 0 Å². The Morgan fingerprint density at radius 2 is 2.00 bits per heavy atom. The number of hydrogen-bond acceptors (Lipinski definition) is 3. The molecule has 0 aliphatic carbocycles. The Hall–Kier alpha value is -0.610. The number of nitrogens with two attached hydrogens (primary N) is 1. The Morgan fingerprint density at radius 1 is 1.28 bits per heavy atom. The maximum Gasteiger partial charge on any atom is 0.234 e. The number of nitrogens with zero attached hydrogens (tertiary/aromatic N) is 2. The summed E-state index contributed by atoms with van der Waals surface area (Å²) in [5.74, 6) is 0.577. The molecule has 1 amide bonds. The number of carbonyl (C=O) groups is 1. The Labute approximate surface area is 110 Å². The van der Waals surface area contributed by atoms with Crippen LogP contribution in [0.5, 0.6) is 0 Å². The minimum absolute atomic E-state index is 0.0450. The molecule has 4 heteroatoms. The van der Waals surface area contributed by atoms with Crippen molar-refractivity contribution in [3.05, 3.63) is 0 Å². The van der Waals surface area contributed by atoms with Gasteiger partial charge in [0.2, 0.25) is 5.91 Å². The fraction of sp³-hybridized carbons (Fsp3) is 0.929. The van der Waals surface area contributed by atoms with E-state index in [-0.39, 0.29) is 11.9 Å². The number of hydrogen-bond donors (Lipinski definition) is 1. The number of piperidine rings is 1. The second-order valence-electron chi connectivity index (χ2n) is 5.84. The lowest BCUT2D eigenvalue weighted by Gasteiger charge is -2.29. The molecule has 0 aromatic rings. The summed E-state index contributed by atoms with van der Waals surface area (Å²) in [5.41, 5.74) is 5.47. The highest BCUT2D eigenvalue weighted by molar-refractivity contribution is 5.79. The summed E-state index contributed by atoms with van der Waals surface area (Å²) in [7, 11) is 0. The molecule has 18 heavy (non-hydrogen) atoms. The first-order valence-corrected chi connectivity index (χ1v) is 7.46. The highest BCUT2D eigenvalue weighted by Gasteiger charge is 2.31. The Morgan fingerprint density at radius 3 is 2.61 bits per heavy atom. The largest absolute Gasteiger partial charge is 0.368 e. The third kappa shape index (κ3) is 3.45. The van der Waals surface area contributed by atoms with Crippen LogP contribution in [-0.2, 0) is 4.79 Å². The second-order valence-corrected chi connectivity index (χ2v) is 5.84. The van der Waals surface area contributed by atoms with Crippen molar-refractivity contribution < 1.29 is 4.79 Å². The van der Waals surface area contributed by atoms with E-state index in [0.29, 0.717) is 0 Å². The third-order valence-electron chi connectivity index (χ3n) is 4.44. The van der Waals surface area contributed by atoms with Crippen LogP contribution in [0.3, 0.4) is 0 Å². The molecule has 4 nitrogen and oxygen atoms in total. The molecule has 0 saturated carbocycles. The van der Waals surface area contributed by atoms with Gasteiger partial charge >= 0.3 is 0 Å². The SMILES string of the molecule is CC[C@H](C(N)=O)N1CC[C@H](CN2CCCCC2)C1. The van der Waals surface area contributed by atoms with Gasteiger partial charge in [-0.2, -0.15) is 0 Å².